The number of carbonyl (C=O) groups is 2. The van der Waals surface area contributed by atoms with Crippen molar-refractivity contribution in [2.45, 2.75) is 32.0 Å². The summed E-state index contributed by atoms with van der Waals surface area (Å²) in [7, 11) is 1.60. The molecule has 0 bridgehead atoms. The molecule has 1 fully saturated rings. The minimum absolute atomic E-state index is 0.0475. The Bertz CT molecular complexity index is 769. The highest BCUT2D eigenvalue weighted by atomic mass is 16.5. The second-order valence-electron chi connectivity index (χ2n) is 7.04. The molecule has 2 aromatic carbocycles. The van der Waals surface area contributed by atoms with E-state index in [2.05, 4.69) is 27.7 Å². The predicted molar refractivity (Wildman–Crippen MR) is 108 cm³/mol. The van der Waals surface area contributed by atoms with Gasteiger partial charge in [-0.1, -0.05) is 42.5 Å². The fraction of sp³-hybridized carbons (Fsp3) is 0.364. The summed E-state index contributed by atoms with van der Waals surface area (Å²) in [6, 6.07) is 17.8. The Hall–Kier alpha value is -2.86. The lowest BCUT2D eigenvalue weighted by molar-refractivity contribution is -0.139. The molecule has 0 radical (unpaired) electrons. The summed E-state index contributed by atoms with van der Waals surface area (Å²) in [6.45, 7) is 3.05. The quantitative estimate of drug-likeness (QED) is 0.752. The number of piperidine rings is 1. The zero-order valence-corrected chi connectivity index (χ0v) is 16.2. The van der Waals surface area contributed by atoms with E-state index in [1.165, 1.54) is 5.56 Å². The van der Waals surface area contributed by atoms with Gasteiger partial charge in [0.1, 0.15) is 5.75 Å². The van der Waals surface area contributed by atoms with E-state index in [0.717, 1.165) is 43.8 Å². The summed E-state index contributed by atoms with van der Waals surface area (Å²) >= 11 is 0. The number of hydrogen-bond acceptors (Lipinski definition) is 4. The van der Waals surface area contributed by atoms with Crippen molar-refractivity contribution in [1.29, 1.82) is 0 Å². The van der Waals surface area contributed by atoms with Crippen molar-refractivity contribution in [3.63, 3.8) is 0 Å². The molecule has 1 aliphatic heterocycles. The van der Waals surface area contributed by atoms with Crippen LogP contribution in [0, 0.1) is 0 Å². The van der Waals surface area contributed by atoms with Crippen molar-refractivity contribution in [2.75, 3.05) is 20.2 Å². The molecule has 0 aromatic heterocycles. The average molecular weight is 381 g/mol. The van der Waals surface area contributed by atoms with E-state index in [1.54, 1.807) is 7.11 Å². The van der Waals surface area contributed by atoms with Crippen molar-refractivity contribution in [3.05, 3.63) is 65.7 Å². The molecule has 1 aliphatic rings. The number of benzene rings is 2. The van der Waals surface area contributed by atoms with Crippen molar-refractivity contribution < 1.29 is 14.3 Å². The van der Waals surface area contributed by atoms with Gasteiger partial charge >= 0.3 is 11.8 Å². The van der Waals surface area contributed by atoms with E-state index < -0.39 is 11.8 Å². The Labute approximate surface area is 165 Å². The van der Waals surface area contributed by atoms with Crippen LogP contribution in [0.3, 0.4) is 0 Å². The van der Waals surface area contributed by atoms with E-state index in [0.29, 0.717) is 6.54 Å². The van der Waals surface area contributed by atoms with Gasteiger partial charge in [-0.05, 0) is 36.1 Å². The van der Waals surface area contributed by atoms with Crippen LogP contribution >= 0.6 is 0 Å². The number of nitrogens with zero attached hydrogens (tertiary/aromatic N) is 1. The molecule has 6 nitrogen and oxygen atoms in total. The van der Waals surface area contributed by atoms with Crippen molar-refractivity contribution in [1.82, 2.24) is 15.5 Å². The Balaban J connectivity index is 1.38. The monoisotopic (exact) mass is 381 g/mol. The summed E-state index contributed by atoms with van der Waals surface area (Å²) in [5.74, 6) is -0.399. The van der Waals surface area contributed by atoms with Crippen molar-refractivity contribution >= 4 is 11.8 Å². The second kappa shape index (κ2) is 9.90. The van der Waals surface area contributed by atoms with Crippen LogP contribution in [0.1, 0.15) is 24.0 Å². The van der Waals surface area contributed by atoms with Gasteiger partial charge in [-0.15, -0.1) is 0 Å². The summed E-state index contributed by atoms with van der Waals surface area (Å²) in [5, 5.41) is 5.52. The van der Waals surface area contributed by atoms with E-state index >= 15 is 0 Å². The van der Waals surface area contributed by atoms with Gasteiger partial charge in [0.15, 0.2) is 0 Å². The van der Waals surface area contributed by atoms with Crippen molar-refractivity contribution in [3.8, 4) is 5.75 Å². The molecule has 0 aliphatic carbocycles. The molecule has 28 heavy (non-hydrogen) atoms. The van der Waals surface area contributed by atoms with Crippen LogP contribution in [-0.2, 0) is 22.7 Å². The predicted octanol–water partition coefficient (Wildman–Crippen LogP) is 2.09. The highest BCUT2D eigenvalue weighted by Crippen LogP contribution is 2.14. The van der Waals surface area contributed by atoms with Gasteiger partial charge in [-0.2, -0.15) is 0 Å². The highest BCUT2D eigenvalue weighted by molar-refractivity contribution is 6.35. The Morgan fingerprint density at radius 1 is 0.964 bits per heavy atom. The molecule has 1 saturated heterocycles. The first-order valence-corrected chi connectivity index (χ1v) is 9.62. The standard InChI is InChI=1S/C22H27N3O3/c1-28-20-9-7-17(8-10-20)15-23-21(26)22(27)24-19-11-13-25(14-12-19)16-18-5-3-2-4-6-18/h2-10,19H,11-16H2,1H3,(H,23,26)(H,24,27). The number of ether oxygens (including phenoxy) is 1. The number of methoxy groups -OCH3 is 1. The Morgan fingerprint density at radius 3 is 2.29 bits per heavy atom. The highest BCUT2D eigenvalue weighted by Gasteiger charge is 2.23. The van der Waals surface area contributed by atoms with Crippen molar-refractivity contribution in [2.24, 2.45) is 0 Å². The molecule has 1 heterocycles. The van der Waals surface area contributed by atoms with E-state index in [1.807, 2.05) is 42.5 Å². The minimum Gasteiger partial charge on any atom is -0.497 e. The zero-order chi connectivity index (χ0) is 19.8. The molecule has 2 N–H and O–H groups in total. The third-order valence-corrected chi connectivity index (χ3v) is 4.99. The normalized spacial score (nSPS) is 15.0. The first-order valence-electron chi connectivity index (χ1n) is 9.62. The molecule has 148 valence electrons. The number of amides is 2. The van der Waals surface area contributed by atoms with Crippen LogP contribution in [0.2, 0.25) is 0 Å². The smallest absolute Gasteiger partial charge is 0.309 e. The molecular formula is C22H27N3O3. The summed E-state index contributed by atoms with van der Waals surface area (Å²) in [4.78, 5) is 26.6. The number of hydrogen-bond donors (Lipinski definition) is 2. The summed E-state index contributed by atoms with van der Waals surface area (Å²) in [6.07, 6.45) is 1.70. The van der Waals surface area contributed by atoms with E-state index in [-0.39, 0.29) is 6.04 Å². The van der Waals surface area contributed by atoms with Gasteiger partial charge in [0.25, 0.3) is 0 Å². The molecule has 2 aromatic rings. The maximum absolute atomic E-state index is 12.1. The minimum atomic E-state index is -0.595. The maximum atomic E-state index is 12.1. The van der Waals surface area contributed by atoms with Crippen LogP contribution < -0.4 is 15.4 Å². The third-order valence-electron chi connectivity index (χ3n) is 4.99. The fourth-order valence-corrected chi connectivity index (χ4v) is 3.33. The lowest BCUT2D eigenvalue weighted by atomic mass is 10.0. The van der Waals surface area contributed by atoms with Gasteiger partial charge in [-0.25, -0.2) is 0 Å². The van der Waals surface area contributed by atoms with Crippen LogP contribution in [0.25, 0.3) is 0 Å². The number of rotatable bonds is 6. The molecule has 0 spiro atoms. The first-order chi connectivity index (χ1) is 13.6. The lowest BCUT2D eigenvalue weighted by Crippen LogP contribution is -2.48. The van der Waals surface area contributed by atoms with Crippen LogP contribution in [0.15, 0.2) is 54.6 Å². The Morgan fingerprint density at radius 2 is 1.64 bits per heavy atom. The lowest BCUT2D eigenvalue weighted by Gasteiger charge is -2.32. The van der Waals surface area contributed by atoms with Gasteiger partial charge < -0.3 is 15.4 Å². The van der Waals surface area contributed by atoms with Gasteiger partial charge in [0.05, 0.1) is 7.11 Å². The third kappa shape index (κ3) is 5.82. The van der Waals surface area contributed by atoms with Gasteiger partial charge in [0, 0.05) is 32.2 Å². The topological polar surface area (TPSA) is 70.7 Å². The average Bonchev–Trinajstić information content (AvgIpc) is 2.74. The first kappa shape index (κ1) is 19.9. The molecule has 0 atom stereocenters. The van der Waals surface area contributed by atoms with Crippen LogP contribution in [0.5, 0.6) is 5.75 Å². The number of likely N-dealkylation sites (tertiary alicyclic amines) is 1. The van der Waals surface area contributed by atoms with E-state index in [4.69, 9.17) is 4.74 Å². The molecule has 6 heteroatoms. The Kier molecular flexibility index (Phi) is 7.03. The largest absolute Gasteiger partial charge is 0.497 e. The summed E-state index contributed by atoms with van der Waals surface area (Å²) < 4.78 is 5.10. The molecule has 2 amide bonds. The van der Waals surface area contributed by atoms with Gasteiger partial charge in [0.2, 0.25) is 0 Å². The summed E-state index contributed by atoms with van der Waals surface area (Å²) in [5.41, 5.74) is 2.21. The van der Waals surface area contributed by atoms with Crippen LogP contribution in [-0.4, -0.2) is 43.0 Å². The fourth-order valence-electron chi connectivity index (χ4n) is 3.33. The molecule has 0 unspecified atom stereocenters. The second-order valence-corrected chi connectivity index (χ2v) is 7.04. The number of carbonyl (C=O) groups excluding carboxylic acids is 2. The number of nitrogens with one attached hydrogen (secondary N) is 2. The zero-order valence-electron chi connectivity index (χ0n) is 16.2. The SMILES string of the molecule is COc1ccc(CNC(=O)C(=O)NC2CCN(Cc3ccccc3)CC2)cc1. The van der Waals surface area contributed by atoms with Gasteiger partial charge in [-0.3, -0.25) is 14.5 Å². The van der Waals surface area contributed by atoms with Crippen LogP contribution in [0.4, 0.5) is 0 Å². The molecule has 3 rings (SSSR count). The van der Waals surface area contributed by atoms with E-state index in [9.17, 15) is 9.59 Å². The maximum Gasteiger partial charge on any atom is 0.309 e. The molecular weight excluding hydrogens is 354 g/mol. The molecule has 0 saturated carbocycles.